The van der Waals surface area contributed by atoms with E-state index < -0.39 is 18.0 Å². The third-order valence-corrected chi connectivity index (χ3v) is 7.64. The van der Waals surface area contributed by atoms with E-state index >= 15 is 0 Å². The molecule has 0 aromatic carbocycles. The molecule has 0 radical (unpaired) electrons. The number of rotatable bonds is 4. The van der Waals surface area contributed by atoms with Crippen LogP contribution in [0.2, 0.25) is 0 Å². The van der Waals surface area contributed by atoms with Crippen LogP contribution in [0.1, 0.15) is 39.7 Å². The maximum Gasteiger partial charge on any atom is 0.352 e. The largest absolute Gasteiger partial charge is 0.477 e. The number of nitrogens with zero attached hydrogens (tertiary/aromatic N) is 4. The third-order valence-electron chi connectivity index (χ3n) is 6.44. The van der Waals surface area contributed by atoms with Crippen molar-refractivity contribution >= 4 is 34.7 Å². The summed E-state index contributed by atoms with van der Waals surface area (Å²) in [4.78, 5) is 46.3. The van der Waals surface area contributed by atoms with Crippen LogP contribution in [0.3, 0.4) is 0 Å². The van der Waals surface area contributed by atoms with Gasteiger partial charge >= 0.3 is 5.97 Å². The number of hydrogen-bond acceptors (Lipinski definition) is 6. The Bertz CT molecular complexity index is 1140. The van der Waals surface area contributed by atoms with Gasteiger partial charge in [-0.15, -0.1) is 11.3 Å². The van der Waals surface area contributed by atoms with Gasteiger partial charge in [-0.1, -0.05) is 6.92 Å². The number of carboxylic acid groups (broad SMARTS) is 1. The van der Waals surface area contributed by atoms with Gasteiger partial charge in [0.1, 0.15) is 11.4 Å². The summed E-state index contributed by atoms with van der Waals surface area (Å²) in [5.41, 5.74) is 2.03. The monoisotopic (exact) mass is 442 g/mol. The number of hydrogen-bond donors (Lipinski definition) is 2. The normalized spacial score (nSPS) is 25.5. The number of fused-ring (bicyclic) bond motifs is 2. The molecule has 0 spiro atoms. The zero-order valence-corrected chi connectivity index (χ0v) is 18.1. The smallest absolute Gasteiger partial charge is 0.352 e. The number of aryl methyl sites for hydroxylation is 1. The first-order valence-corrected chi connectivity index (χ1v) is 10.9. The second-order valence-electron chi connectivity index (χ2n) is 8.47. The third kappa shape index (κ3) is 2.78. The highest BCUT2D eigenvalue weighted by molar-refractivity contribution is 7.13. The number of aliphatic hydroxyl groups is 1. The number of aromatic nitrogens is 2. The Morgan fingerprint density at radius 2 is 2.06 bits per heavy atom. The first-order valence-electron chi connectivity index (χ1n) is 10.1. The molecule has 0 aliphatic carbocycles. The molecule has 0 saturated carbocycles. The van der Waals surface area contributed by atoms with Crippen LogP contribution < -0.4 is 0 Å². The lowest BCUT2D eigenvalue weighted by Gasteiger charge is -2.46. The van der Waals surface area contributed by atoms with Crippen LogP contribution in [0, 0.1) is 11.8 Å². The zero-order valence-electron chi connectivity index (χ0n) is 17.3. The van der Waals surface area contributed by atoms with E-state index in [-0.39, 0.29) is 29.5 Å². The predicted octanol–water partition coefficient (Wildman–Crippen LogP) is 1.29. The van der Waals surface area contributed by atoms with Crippen molar-refractivity contribution in [3.8, 4) is 0 Å². The molecule has 10 heteroatoms. The van der Waals surface area contributed by atoms with Gasteiger partial charge in [-0.05, 0) is 18.6 Å². The van der Waals surface area contributed by atoms with Crippen LogP contribution in [-0.2, 0) is 29.7 Å². The highest BCUT2D eigenvalue weighted by atomic mass is 32.1. The maximum absolute atomic E-state index is 12.7. The molecule has 1 fully saturated rings. The molecule has 31 heavy (non-hydrogen) atoms. The Balaban J connectivity index is 1.44. The van der Waals surface area contributed by atoms with Crippen molar-refractivity contribution < 1.29 is 24.6 Å². The molecule has 162 valence electrons. The Hall–Kier alpha value is -2.98. The van der Waals surface area contributed by atoms with E-state index in [4.69, 9.17) is 0 Å². The van der Waals surface area contributed by atoms with Gasteiger partial charge in [0.2, 0.25) is 5.91 Å². The van der Waals surface area contributed by atoms with Crippen molar-refractivity contribution in [3.05, 3.63) is 45.3 Å². The van der Waals surface area contributed by atoms with E-state index in [0.29, 0.717) is 24.4 Å². The molecule has 4 atom stereocenters. The summed E-state index contributed by atoms with van der Waals surface area (Å²) >= 11 is 1.47. The van der Waals surface area contributed by atoms with Crippen LogP contribution in [0.5, 0.6) is 0 Å². The average Bonchev–Trinajstić information content (AvgIpc) is 3.41. The number of carboxylic acids is 1. The molecule has 3 aliphatic heterocycles. The molecule has 0 bridgehead atoms. The summed E-state index contributed by atoms with van der Waals surface area (Å²) in [5, 5.41) is 19.9. The lowest BCUT2D eigenvalue weighted by molar-refractivity contribution is -0.163. The quantitative estimate of drug-likeness (QED) is 0.690. The molecular weight excluding hydrogens is 420 g/mol. The van der Waals surface area contributed by atoms with E-state index in [2.05, 4.69) is 4.98 Å². The van der Waals surface area contributed by atoms with Crippen LogP contribution in [0.4, 0.5) is 0 Å². The zero-order chi connectivity index (χ0) is 22.2. The van der Waals surface area contributed by atoms with Gasteiger partial charge < -0.3 is 24.6 Å². The summed E-state index contributed by atoms with van der Waals surface area (Å²) in [6.45, 7) is 4.36. The van der Waals surface area contributed by atoms with Gasteiger partial charge in [0.05, 0.1) is 30.9 Å². The summed E-state index contributed by atoms with van der Waals surface area (Å²) in [6, 6.07) is 1.60. The van der Waals surface area contributed by atoms with Gasteiger partial charge in [0.15, 0.2) is 0 Å². The van der Waals surface area contributed by atoms with Crippen LogP contribution in [-0.4, -0.2) is 59.5 Å². The van der Waals surface area contributed by atoms with Crippen molar-refractivity contribution in [2.75, 3.05) is 0 Å². The molecule has 5 rings (SSSR count). The van der Waals surface area contributed by atoms with Gasteiger partial charge in [0, 0.05) is 41.0 Å². The van der Waals surface area contributed by atoms with Crippen LogP contribution >= 0.6 is 11.3 Å². The standard InChI is InChI=1S/C21H22N4O5S/c1-9-15(18(21(29)30)25-17(9)16(10(2)26)20(25)28)13-4-11-5-24(7-14(11)31-13)19(27)12-6-23(3)8-22-12/h4,6,8-10,16-17,26H,5,7H2,1-3H3,(H,29,30)/t9-,10+,16+,17+/m0/s1. The predicted molar refractivity (Wildman–Crippen MR) is 111 cm³/mol. The number of aliphatic hydroxyl groups excluding tert-OH is 1. The fourth-order valence-electron chi connectivity index (χ4n) is 5.02. The molecule has 2 aromatic heterocycles. The van der Waals surface area contributed by atoms with E-state index in [1.807, 2.05) is 20.0 Å². The molecule has 2 amide bonds. The molecule has 1 saturated heterocycles. The minimum atomic E-state index is -1.14. The highest BCUT2D eigenvalue weighted by Crippen LogP contribution is 2.52. The fourth-order valence-corrected chi connectivity index (χ4v) is 6.36. The van der Waals surface area contributed by atoms with Gasteiger partial charge in [-0.2, -0.15) is 0 Å². The van der Waals surface area contributed by atoms with Crippen molar-refractivity contribution in [3.63, 3.8) is 0 Å². The molecular formula is C21H22N4O5S. The number of carbonyl (C=O) groups excluding carboxylic acids is 2. The summed E-state index contributed by atoms with van der Waals surface area (Å²) in [7, 11) is 1.81. The SMILES string of the molecule is C[C@@H](O)[C@H]1C(=O)N2C(C(=O)O)=C(c3cc4c(s3)CN(C(=O)c3cn(C)cn3)C4)[C@H](C)[C@H]12. The van der Waals surface area contributed by atoms with Gasteiger partial charge in [-0.3, -0.25) is 9.59 Å². The summed E-state index contributed by atoms with van der Waals surface area (Å²) in [5.74, 6) is -2.40. The van der Waals surface area contributed by atoms with Crippen LogP contribution in [0.15, 0.2) is 24.3 Å². The number of thiophene rings is 1. The number of carbonyl (C=O) groups is 3. The lowest BCUT2D eigenvalue weighted by atomic mass is 9.77. The second-order valence-corrected chi connectivity index (χ2v) is 9.60. The summed E-state index contributed by atoms with van der Waals surface area (Å²) in [6.07, 6.45) is 2.44. The fraction of sp³-hybridized carbons (Fsp3) is 0.429. The Morgan fingerprint density at radius 1 is 1.32 bits per heavy atom. The molecule has 5 heterocycles. The van der Waals surface area contributed by atoms with Gasteiger partial charge in [-0.25, -0.2) is 9.78 Å². The van der Waals surface area contributed by atoms with E-state index in [1.54, 1.807) is 28.9 Å². The average molecular weight is 442 g/mol. The van der Waals surface area contributed by atoms with Crippen molar-refractivity contribution in [2.45, 2.75) is 39.1 Å². The minimum Gasteiger partial charge on any atom is -0.477 e. The van der Waals surface area contributed by atoms with E-state index in [9.17, 15) is 24.6 Å². The number of imidazole rings is 1. The Kier molecular flexibility index (Phi) is 4.35. The van der Waals surface area contributed by atoms with Crippen LogP contribution in [0.25, 0.3) is 5.57 Å². The number of amides is 2. The maximum atomic E-state index is 12.7. The van der Waals surface area contributed by atoms with Crippen molar-refractivity contribution in [1.82, 2.24) is 19.4 Å². The van der Waals surface area contributed by atoms with Crippen molar-refractivity contribution in [1.29, 1.82) is 0 Å². The number of β-lactam (4-membered cyclic amide) rings is 1. The minimum absolute atomic E-state index is 0.0146. The molecule has 2 aromatic rings. The molecule has 9 nitrogen and oxygen atoms in total. The Morgan fingerprint density at radius 3 is 2.65 bits per heavy atom. The van der Waals surface area contributed by atoms with Gasteiger partial charge in [0.25, 0.3) is 5.91 Å². The highest BCUT2D eigenvalue weighted by Gasteiger charge is 2.60. The number of aliphatic carboxylic acids is 1. The molecule has 0 unspecified atom stereocenters. The summed E-state index contributed by atoms with van der Waals surface area (Å²) < 4.78 is 1.73. The first-order chi connectivity index (χ1) is 14.7. The lowest BCUT2D eigenvalue weighted by Crippen LogP contribution is -2.63. The van der Waals surface area contributed by atoms with E-state index in [1.165, 1.54) is 16.2 Å². The molecule has 2 N–H and O–H groups in total. The second kappa shape index (κ2) is 6.76. The molecule has 3 aliphatic rings. The first kappa shape index (κ1) is 20.0. The topological polar surface area (TPSA) is 116 Å². The Labute approximate surface area is 182 Å². The van der Waals surface area contributed by atoms with Crippen molar-refractivity contribution in [2.24, 2.45) is 18.9 Å². The van der Waals surface area contributed by atoms with E-state index in [0.717, 1.165) is 15.3 Å².